The first-order valence-corrected chi connectivity index (χ1v) is 6.15. The third-order valence-corrected chi connectivity index (χ3v) is 2.85. The summed E-state index contributed by atoms with van der Waals surface area (Å²) in [6.07, 6.45) is -0.350. The molecule has 1 atom stereocenters. The number of ether oxygens (including phenoxy) is 1. The Bertz CT molecular complexity index is 256. The second kappa shape index (κ2) is 7.61. The number of methoxy groups -OCH3 is 1. The summed E-state index contributed by atoms with van der Waals surface area (Å²) in [5, 5.41) is 2.26. The molecule has 1 N–H and O–H groups in total. The maximum Gasteiger partial charge on any atom is 0.401 e. The van der Waals surface area contributed by atoms with Crippen molar-refractivity contribution in [1.82, 2.24) is 5.32 Å². The first-order valence-electron chi connectivity index (χ1n) is 6.15. The molecule has 18 heavy (non-hydrogen) atoms. The molecule has 3 nitrogen and oxygen atoms in total. The van der Waals surface area contributed by atoms with Gasteiger partial charge in [0, 0.05) is 0 Å². The number of hydrogen-bond donors (Lipinski definition) is 1. The van der Waals surface area contributed by atoms with Gasteiger partial charge < -0.3 is 4.74 Å². The fourth-order valence-corrected chi connectivity index (χ4v) is 1.69. The van der Waals surface area contributed by atoms with Crippen molar-refractivity contribution in [2.45, 2.75) is 57.7 Å². The molecule has 0 saturated carbocycles. The van der Waals surface area contributed by atoms with Crippen LogP contribution in [0.5, 0.6) is 0 Å². The lowest BCUT2D eigenvalue weighted by molar-refractivity contribution is -0.153. The molecule has 0 aromatic rings. The molecular formula is C12H22F3NO2. The van der Waals surface area contributed by atoms with E-state index < -0.39 is 24.2 Å². The smallest absolute Gasteiger partial charge is 0.401 e. The Kier molecular flexibility index (Phi) is 7.28. The summed E-state index contributed by atoms with van der Waals surface area (Å²) in [6.45, 7) is 2.31. The number of rotatable bonds is 8. The van der Waals surface area contributed by atoms with E-state index in [-0.39, 0.29) is 0 Å². The van der Waals surface area contributed by atoms with Gasteiger partial charge in [-0.1, -0.05) is 32.6 Å². The van der Waals surface area contributed by atoms with Crippen LogP contribution in [0.2, 0.25) is 0 Å². The molecule has 0 amide bonds. The fourth-order valence-electron chi connectivity index (χ4n) is 1.69. The summed E-state index contributed by atoms with van der Waals surface area (Å²) in [6, 6.07) is 0. The highest BCUT2D eigenvalue weighted by molar-refractivity contribution is 5.80. The quantitative estimate of drug-likeness (QED) is 0.543. The Balaban J connectivity index is 4.39. The largest absolute Gasteiger partial charge is 0.468 e. The van der Waals surface area contributed by atoms with Gasteiger partial charge in [-0.3, -0.25) is 10.1 Å². The van der Waals surface area contributed by atoms with Gasteiger partial charge in [-0.05, 0) is 13.3 Å². The summed E-state index contributed by atoms with van der Waals surface area (Å²) in [5.74, 6) is -0.650. The normalized spacial score (nSPS) is 15.2. The van der Waals surface area contributed by atoms with E-state index >= 15 is 0 Å². The number of carbonyl (C=O) groups excluding carboxylic acids is 1. The zero-order valence-electron chi connectivity index (χ0n) is 11.2. The number of alkyl halides is 3. The molecule has 0 fully saturated rings. The van der Waals surface area contributed by atoms with Gasteiger partial charge in [0.15, 0.2) is 0 Å². The van der Waals surface area contributed by atoms with Gasteiger partial charge >= 0.3 is 12.1 Å². The number of esters is 1. The van der Waals surface area contributed by atoms with Gasteiger partial charge in [0.05, 0.1) is 13.7 Å². The Morgan fingerprint density at radius 1 is 1.22 bits per heavy atom. The van der Waals surface area contributed by atoms with Crippen molar-refractivity contribution < 1.29 is 22.7 Å². The molecule has 0 spiro atoms. The summed E-state index contributed by atoms with van der Waals surface area (Å²) >= 11 is 0. The molecular weight excluding hydrogens is 247 g/mol. The van der Waals surface area contributed by atoms with Gasteiger partial charge in [0.25, 0.3) is 0 Å². The van der Waals surface area contributed by atoms with Crippen molar-refractivity contribution in [1.29, 1.82) is 0 Å². The molecule has 0 rings (SSSR count). The maximum atomic E-state index is 12.2. The highest BCUT2D eigenvalue weighted by Crippen LogP contribution is 2.20. The third-order valence-electron chi connectivity index (χ3n) is 2.85. The van der Waals surface area contributed by atoms with E-state index in [1.54, 1.807) is 0 Å². The van der Waals surface area contributed by atoms with Gasteiger partial charge in [-0.15, -0.1) is 0 Å². The average molecular weight is 269 g/mol. The maximum absolute atomic E-state index is 12.2. The SMILES string of the molecule is CCCCCCC(C)(NCC(F)(F)F)C(=O)OC. The first-order chi connectivity index (χ1) is 8.25. The summed E-state index contributed by atoms with van der Waals surface area (Å²) in [5.41, 5.74) is -1.27. The number of unbranched alkanes of at least 4 members (excludes halogenated alkanes) is 3. The van der Waals surface area contributed by atoms with Crippen molar-refractivity contribution in [3.05, 3.63) is 0 Å². The standard InChI is InChI=1S/C12H22F3NO2/c1-4-5-6-7-8-11(2,10(17)18-3)16-9-12(13,14)15/h16H,4-9H2,1-3H3. The summed E-state index contributed by atoms with van der Waals surface area (Å²) in [7, 11) is 1.18. The van der Waals surface area contributed by atoms with E-state index in [0.717, 1.165) is 19.3 Å². The van der Waals surface area contributed by atoms with E-state index in [0.29, 0.717) is 12.8 Å². The van der Waals surface area contributed by atoms with Crippen LogP contribution < -0.4 is 5.32 Å². The van der Waals surface area contributed by atoms with E-state index in [9.17, 15) is 18.0 Å². The molecule has 0 aromatic heterocycles. The number of halogens is 3. The van der Waals surface area contributed by atoms with Crippen molar-refractivity contribution in [3.63, 3.8) is 0 Å². The van der Waals surface area contributed by atoms with Crippen LogP contribution in [-0.4, -0.2) is 31.3 Å². The van der Waals surface area contributed by atoms with Crippen LogP contribution in [0.4, 0.5) is 13.2 Å². The second-order valence-electron chi connectivity index (χ2n) is 4.60. The van der Waals surface area contributed by atoms with Crippen LogP contribution in [-0.2, 0) is 9.53 Å². The molecule has 0 aromatic carbocycles. The Morgan fingerprint density at radius 2 is 1.83 bits per heavy atom. The Labute approximate surface area is 106 Å². The molecule has 0 aliphatic carbocycles. The molecule has 0 aliphatic heterocycles. The lowest BCUT2D eigenvalue weighted by Crippen LogP contribution is -2.53. The minimum atomic E-state index is -4.33. The van der Waals surface area contributed by atoms with E-state index in [2.05, 4.69) is 10.1 Å². The third kappa shape index (κ3) is 6.83. The van der Waals surface area contributed by atoms with Crippen LogP contribution in [0.3, 0.4) is 0 Å². The van der Waals surface area contributed by atoms with Crippen LogP contribution in [0.15, 0.2) is 0 Å². The fraction of sp³-hybridized carbons (Fsp3) is 0.917. The van der Waals surface area contributed by atoms with E-state index in [1.165, 1.54) is 14.0 Å². The van der Waals surface area contributed by atoms with Crippen molar-refractivity contribution >= 4 is 5.97 Å². The predicted octanol–water partition coefficient (Wildman–Crippen LogP) is 3.04. The predicted molar refractivity (Wildman–Crippen MR) is 63.2 cm³/mol. The Morgan fingerprint density at radius 3 is 2.28 bits per heavy atom. The van der Waals surface area contributed by atoms with E-state index in [4.69, 9.17) is 0 Å². The van der Waals surface area contributed by atoms with Gasteiger partial charge in [-0.2, -0.15) is 13.2 Å². The van der Waals surface area contributed by atoms with Crippen LogP contribution >= 0.6 is 0 Å². The minimum Gasteiger partial charge on any atom is -0.468 e. The topological polar surface area (TPSA) is 38.3 Å². The first kappa shape index (κ1) is 17.2. The van der Waals surface area contributed by atoms with Crippen LogP contribution in [0.25, 0.3) is 0 Å². The zero-order chi connectivity index (χ0) is 14.2. The number of nitrogens with one attached hydrogen (secondary N) is 1. The summed E-state index contributed by atoms with van der Waals surface area (Å²) < 4.78 is 41.1. The van der Waals surface area contributed by atoms with Crippen molar-refractivity contribution in [2.75, 3.05) is 13.7 Å². The van der Waals surface area contributed by atoms with Crippen LogP contribution in [0, 0.1) is 0 Å². The molecule has 0 heterocycles. The Hall–Kier alpha value is -0.780. The number of carbonyl (C=O) groups is 1. The minimum absolute atomic E-state index is 0.343. The van der Waals surface area contributed by atoms with Gasteiger partial charge in [0.1, 0.15) is 5.54 Å². The highest BCUT2D eigenvalue weighted by atomic mass is 19.4. The lowest BCUT2D eigenvalue weighted by atomic mass is 9.94. The van der Waals surface area contributed by atoms with Gasteiger partial charge in [-0.25, -0.2) is 0 Å². The molecule has 1 unspecified atom stereocenters. The second-order valence-corrected chi connectivity index (χ2v) is 4.60. The zero-order valence-corrected chi connectivity index (χ0v) is 11.2. The molecule has 0 saturated heterocycles. The summed E-state index contributed by atoms with van der Waals surface area (Å²) in [4.78, 5) is 11.6. The van der Waals surface area contributed by atoms with Crippen molar-refractivity contribution in [2.24, 2.45) is 0 Å². The van der Waals surface area contributed by atoms with Crippen molar-refractivity contribution in [3.8, 4) is 0 Å². The molecule has 108 valence electrons. The molecule has 0 radical (unpaired) electrons. The lowest BCUT2D eigenvalue weighted by Gasteiger charge is -2.28. The van der Waals surface area contributed by atoms with Crippen LogP contribution in [0.1, 0.15) is 46.0 Å². The highest BCUT2D eigenvalue weighted by Gasteiger charge is 2.38. The molecule has 0 aliphatic rings. The van der Waals surface area contributed by atoms with Gasteiger partial charge in [0.2, 0.25) is 0 Å². The molecule has 6 heteroatoms. The van der Waals surface area contributed by atoms with E-state index in [1.807, 2.05) is 6.92 Å². The number of hydrogen-bond acceptors (Lipinski definition) is 3. The average Bonchev–Trinajstić information content (AvgIpc) is 2.30. The monoisotopic (exact) mass is 269 g/mol. The molecule has 0 bridgehead atoms.